The molecule has 0 fully saturated rings. The smallest absolute Gasteiger partial charge is 0.438 e. The second kappa shape index (κ2) is 11.9. The number of carbonyl (C=O) groups excluding carboxylic acids is 1. The Morgan fingerprint density at radius 1 is 0.838 bits per heavy atom. The Balaban J connectivity index is 2.01. The second-order valence-corrected chi connectivity index (χ2v) is 11.6. The van der Waals surface area contributed by atoms with Crippen LogP contribution in [0.2, 0.25) is 0 Å². The highest BCUT2D eigenvalue weighted by molar-refractivity contribution is 7.93. The monoisotopic (exact) mass is 544 g/mol. The van der Waals surface area contributed by atoms with E-state index in [2.05, 4.69) is 9.46 Å². The number of hydrogen-bond donors (Lipinski definition) is 1. The van der Waals surface area contributed by atoms with Gasteiger partial charge in [0.25, 0.3) is 20.0 Å². The van der Waals surface area contributed by atoms with Gasteiger partial charge >= 0.3 is 6.16 Å². The maximum Gasteiger partial charge on any atom is 0.508 e. The van der Waals surface area contributed by atoms with Crippen molar-refractivity contribution in [3.8, 4) is 0 Å². The van der Waals surface area contributed by atoms with E-state index in [9.17, 15) is 21.6 Å². The summed E-state index contributed by atoms with van der Waals surface area (Å²) in [7, 11) is -6.94. The molecule has 0 bridgehead atoms. The summed E-state index contributed by atoms with van der Waals surface area (Å²) in [6, 6.07) is 18.9. The van der Waals surface area contributed by atoms with Gasteiger partial charge in [0.2, 0.25) is 0 Å². The minimum Gasteiger partial charge on any atom is -0.438 e. The Hall–Kier alpha value is -3.83. The van der Waals surface area contributed by atoms with E-state index < -0.39 is 26.2 Å². The van der Waals surface area contributed by atoms with Gasteiger partial charge in [0.05, 0.1) is 34.8 Å². The topological polar surface area (TPSA) is 119 Å². The third-order valence-corrected chi connectivity index (χ3v) is 8.43. The minimum absolute atomic E-state index is 0.0357. The van der Waals surface area contributed by atoms with Gasteiger partial charge in [-0.15, -0.1) is 0 Å². The zero-order valence-electron chi connectivity index (χ0n) is 20.6. The van der Waals surface area contributed by atoms with Crippen LogP contribution in [-0.2, 0) is 29.5 Å². The summed E-state index contributed by atoms with van der Waals surface area (Å²) in [5, 5.41) is 0. The Morgan fingerprint density at radius 3 is 2.00 bits per heavy atom. The predicted molar refractivity (Wildman–Crippen MR) is 142 cm³/mol. The first kappa shape index (κ1) is 27.8. The molecule has 0 aliphatic carbocycles. The predicted octanol–water partition coefficient (Wildman–Crippen LogP) is 4.64. The highest BCUT2D eigenvalue weighted by atomic mass is 32.2. The fourth-order valence-electron chi connectivity index (χ4n) is 3.28. The van der Waals surface area contributed by atoms with Crippen molar-refractivity contribution in [1.29, 1.82) is 0 Å². The standard InChI is InChI=1S/C26H28N2O7S2/c1-20-10-14-22(15-11-20)36(30,31)27-24-8-4-5-9-25(24)28(18-6-7-19-35-26(29)34-3)37(32,33)23-16-12-21(2)13-17-23/h4-17,27H,18-19H2,1-3H3/b7-6-. The zero-order chi connectivity index (χ0) is 27.1. The largest absolute Gasteiger partial charge is 0.508 e. The van der Waals surface area contributed by atoms with Gasteiger partial charge in [0.1, 0.15) is 6.61 Å². The molecule has 3 aromatic carbocycles. The van der Waals surface area contributed by atoms with E-state index in [1.54, 1.807) is 36.4 Å². The van der Waals surface area contributed by atoms with Crippen molar-refractivity contribution in [1.82, 2.24) is 0 Å². The summed E-state index contributed by atoms with van der Waals surface area (Å²) >= 11 is 0. The average Bonchev–Trinajstić information content (AvgIpc) is 2.87. The molecular weight excluding hydrogens is 516 g/mol. The SMILES string of the molecule is COC(=O)OC/C=C\CN(c1ccccc1NS(=O)(=O)c1ccc(C)cc1)S(=O)(=O)c1ccc(C)cc1. The van der Waals surface area contributed by atoms with Crippen molar-refractivity contribution >= 4 is 37.6 Å². The molecule has 196 valence electrons. The van der Waals surface area contributed by atoms with Crippen molar-refractivity contribution in [2.45, 2.75) is 23.6 Å². The van der Waals surface area contributed by atoms with E-state index in [1.807, 2.05) is 13.8 Å². The lowest BCUT2D eigenvalue weighted by Crippen LogP contribution is -2.32. The number of ether oxygens (including phenoxy) is 2. The number of rotatable bonds is 10. The molecular formula is C26H28N2O7S2. The zero-order valence-corrected chi connectivity index (χ0v) is 22.3. The molecule has 0 aliphatic rings. The van der Waals surface area contributed by atoms with Crippen LogP contribution in [0.1, 0.15) is 11.1 Å². The second-order valence-electron chi connectivity index (χ2n) is 8.02. The van der Waals surface area contributed by atoms with Crippen LogP contribution in [0, 0.1) is 13.8 Å². The van der Waals surface area contributed by atoms with Crippen LogP contribution in [0.25, 0.3) is 0 Å². The van der Waals surface area contributed by atoms with Crippen molar-refractivity contribution in [2.75, 3.05) is 29.3 Å². The lowest BCUT2D eigenvalue weighted by atomic mass is 10.2. The maximum absolute atomic E-state index is 13.7. The summed E-state index contributed by atoms with van der Waals surface area (Å²) in [6.07, 6.45) is 2.10. The number of aryl methyl sites for hydroxylation is 2. The Labute approximate surface area is 217 Å². The number of sulfonamides is 2. The Kier molecular flexibility index (Phi) is 8.95. The van der Waals surface area contributed by atoms with Crippen LogP contribution < -0.4 is 9.03 Å². The number of nitrogens with one attached hydrogen (secondary N) is 1. The van der Waals surface area contributed by atoms with Gasteiger partial charge in [-0.3, -0.25) is 9.03 Å². The average molecular weight is 545 g/mol. The van der Waals surface area contributed by atoms with Crippen molar-refractivity contribution in [3.63, 3.8) is 0 Å². The Bertz CT molecular complexity index is 1470. The molecule has 9 nitrogen and oxygen atoms in total. The fourth-order valence-corrected chi connectivity index (χ4v) is 5.78. The van der Waals surface area contributed by atoms with E-state index in [0.29, 0.717) is 0 Å². The van der Waals surface area contributed by atoms with Crippen LogP contribution in [0.3, 0.4) is 0 Å². The van der Waals surface area contributed by atoms with Gasteiger partial charge in [-0.2, -0.15) is 0 Å². The summed E-state index contributed by atoms with van der Waals surface area (Å²) in [5.74, 6) is 0. The molecule has 0 aliphatic heterocycles. The minimum atomic E-state index is -4.11. The first-order chi connectivity index (χ1) is 17.5. The molecule has 0 amide bonds. The van der Waals surface area contributed by atoms with E-state index in [1.165, 1.54) is 55.7 Å². The van der Waals surface area contributed by atoms with Gasteiger partial charge in [-0.05, 0) is 56.3 Å². The normalized spacial score (nSPS) is 11.8. The van der Waals surface area contributed by atoms with Gasteiger partial charge in [0, 0.05) is 0 Å². The Morgan fingerprint density at radius 2 is 1.41 bits per heavy atom. The fraction of sp³-hybridized carbons (Fsp3) is 0.192. The molecule has 3 aromatic rings. The number of nitrogens with zero attached hydrogens (tertiary/aromatic N) is 1. The van der Waals surface area contributed by atoms with Gasteiger partial charge in [0.15, 0.2) is 0 Å². The highest BCUT2D eigenvalue weighted by Crippen LogP contribution is 2.32. The first-order valence-corrected chi connectivity index (χ1v) is 14.1. The molecule has 0 heterocycles. The van der Waals surface area contributed by atoms with Gasteiger partial charge in [-0.25, -0.2) is 21.6 Å². The van der Waals surface area contributed by atoms with Gasteiger partial charge in [-0.1, -0.05) is 53.6 Å². The molecule has 0 radical (unpaired) electrons. The molecule has 0 saturated carbocycles. The van der Waals surface area contributed by atoms with E-state index in [-0.39, 0.29) is 34.3 Å². The van der Waals surface area contributed by atoms with Crippen LogP contribution in [0.15, 0.2) is 94.7 Å². The molecule has 0 aromatic heterocycles. The number of benzene rings is 3. The van der Waals surface area contributed by atoms with Crippen molar-refractivity contribution < 1.29 is 31.1 Å². The molecule has 1 N–H and O–H groups in total. The third-order valence-electron chi connectivity index (χ3n) is 5.26. The van der Waals surface area contributed by atoms with E-state index in [4.69, 9.17) is 4.74 Å². The summed E-state index contributed by atoms with van der Waals surface area (Å²) in [4.78, 5) is 11.2. The lowest BCUT2D eigenvalue weighted by molar-refractivity contribution is 0.0817. The molecule has 0 spiro atoms. The van der Waals surface area contributed by atoms with Crippen LogP contribution in [0.4, 0.5) is 16.2 Å². The summed E-state index contributed by atoms with van der Waals surface area (Å²) in [6.45, 7) is 3.39. The number of methoxy groups -OCH3 is 1. The first-order valence-electron chi connectivity index (χ1n) is 11.2. The number of para-hydroxylation sites is 2. The summed E-state index contributed by atoms with van der Waals surface area (Å²) in [5.41, 5.74) is 1.99. The summed E-state index contributed by atoms with van der Waals surface area (Å²) < 4.78 is 66.4. The third kappa shape index (κ3) is 7.11. The van der Waals surface area contributed by atoms with Crippen molar-refractivity contribution in [2.24, 2.45) is 0 Å². The number of anilines is 2. The van der Waals surface area contributed by atoms with Crippen molar-refractivity contribution in [3.05, 3.63) is 96.1 Å². The van der Waals surface area contributed by atoms with Crippen LogP contribution >= 0.6 is 0 Å². The number of hydrogen-bond acceptors (Lipinski definition) is 7. The molecule has 0 saturated heterocycles. The molecule has 0 atom stereocenters. The highest BCUT2D eigenvalue weighted by Gasteiger charge is 2.27. The lowest BCUT2D eigenvalue weighted by Gasteiger charge is -2.26. The maximum atomic E-state index is 13.7. The molecule has 37 heavy (non-hydrogen) atoms. The quantitative estimate of drug-likeness (QED) is 0.292. The van der Waals surface area contributed by atoms with Gasteiger partial charge < -0.3 is 9.47 Å². The van der Waals surface area contributed by atoms with E-state index >= 15 is 0 Å². The molecule has 11 heteroatoms. The van der Waals surface area contributed by atoms with Crippen LogP contribution in [-0.4, -0.2) is 43.3 Å². The molecule has 0 unspecified atom stereocenters. The van der Waals surface area contributed by atoms with Crippen LogP contribution in [0.5, 0.6) is 0 Å². The molecule has 3 rings (SSSR count). The number of carbonyl (C=O) groups is 1. The van der Waals surface area contributed by atoms with E-state index in [0.717, 1.165) is 15.4 Å².